The molecular weight excluding hydrogens is 428 g/mol. The summed E-state index contributed by atoms with van der Waals surface area (Å²) in [5.74, 6) is 1.08. The van der Waals surface area contributed by atoms with Crippen molar-refractivity contribution in [1.82, 2.24) is 19.9 Å². The number of anilines is 2. The first-order chi connectivity index (χ1) is 15.3. The first-order valence-electron chi connectivity index (χ1n) is 11.1. The molecular formula is C23H33ClN6O2. The van der Waals surface area contributed by atoms with Gasteiger partial charge in [-0.25, -0.2) is 4.98 Å². The molecule has 1 aliphatic heterocycles. The van der Waals surface area contributed by atoms with E-state index in [1.54, 1.807) is 13.3 Å². The number of aryl methyl sites for hydroxylation is 1. The van der Waals surface area contributed by atoms with Gasteiger partial charge >= 0.3 is 0 Å². The largest absolute Gasteiger partial charge is 0.496 e. The number of nitrogens with two attached hydrogens (primary N) is 1. The van der Waals surface area contributed by atoms with Crippen LogP contribution in [0.25, 0.3) is 0 Å². The van der Waals surface area contributed by atoms with Crippen molar-refractivity contribution in [1.29, 1.82) is 0 Å². The van der Waals surface area contributed by atoms with Gasteiger partial charge in [0.1, 0.15) is 16.7 Å². The molecule has 0 amide bonds. The van der Waals surface area contributed by atoms with Gasteiger partial charge in [0.2, 0.25) is 5.95 Å². The fourth-order valence-electron chi connectivity index (χ4n) is 4.28. The SMILES string of the molecule is CCCCN(CC)CC1CN(Cc2ncc(C)c(OC)c2C)c2nc(N)nc(Cl)c2C1=O. The van der Waals surface area contributed by atoms with Gasteiger partial charge in [-0.1, -0.05) is 31.9 Å². The predicted molar refractivity (Wildman–Crippen MR) is 128 cm³/mol. The summed E-state index contributed by atoms with van der Waals surface area (Å²) >= 11 is 6.40. The summed E-state index contributed by atoms with van der Waals surface area (Å²) in [5, 5.41) is 0.106. The number of hydrogen-bond donors (Lipinski definition) is 1. The molecule has 174 valence electrons. The van der Waals surface area contributed by atoms with Crippen molar-refractivity contribution in [2.24, 2.45) is 5.92 Å². The van der Waals surface area contributed by atoms with E-state index in [4.69, 9.17) is 22.1 Å². The second-order valence-electron chi connectivity index (χ2n) is 8.31. The summed E-state index contributed by atoms with van der Waals surface area (Å²) < 4.78 is 5.57. The number of carbonyl (C=O) groups excluding carboxylic acids is 1. The molecule has 0 bridgehead atoms. The summed E-state index contributed by atoms with van der Waals surface area (Å²) in [4.78, 5) is 30.8. The third kappa shape index (κ3) is 4.96. The standard InChI is InChI=1S/C23H33ClN6O2/c1-6-8-9-29(7-2)11-16-12-30(13-17-15(4)20(32-5)14(3)10-26-17)22-18(19(16)31)21(24)27-23(25)28-22/h10,16H,6-9,11-13H2,1-5H3,(H2,25,27,28). The molecule has 0 saturated heterocycles. The van der Waals surface area contributed by atoms with E-state index in [2.05, 4.69) is 33.7 Å². The molecule has 8 nitrogen and oxygen atoms in total. The molecule has 0 aliphatic carbocycles. The number of aromatic nitrogens is 3. The van der Waals surface area contributed by atoms with E-state index in [-0.39, 0.29) is 22.8 Å². The highest BCUT2D eigenvalue weighted by Gasteiger charge is 2.37. The van der Waals surface area contributed by atoms with Gasteiger partial charge < -0.3 is 20.3 Å². The Balaban J connectivity index is 1.98. The highest BCUT2D eigenvalue weighted by atomic mass is 35.5. The Kier molecular flexibility index (Phi) is 7.90. The fraction of sp³-hybridized carbons (Fsp3) is 0.565. The van der Waals surface area contributed by atoms with Crippen molar-refractivity contribution in [3.05, 3.63) is 33.7 Å². The highest BCUT2D eigenvalue weighted by Crippen LogP contribution is 2.35. The molecule has 1 aliphatic rings. The van der Waals surface area contributed by atoms with Gasteiger partial charge in [0.15, 0.2) is 5.78 Å². The Labute approximate surface area is 195 Å². The highest BCUT2D eigenvalue weighted by molar-refractivity contribution is 6.34. The number of Topliss-reactive ketones (excluding diaryl/α,β-unsaturated/α-hetero) is 1. The molecule has 0 fully saturated rings. The van der Waals surface area contributed by atoms with Crippen molar-refractivity contribution < 1.29 is 9.53 Å². The van der Waals surface area contributed by atoms with E-state index in [9.17, 15) is 4.79 Å². The van der Waals surface area contributed by atoms with Crippen LogP contribution in [0.2, 0.25) is 5.15 Å². The van der Waals surface area contributed by atoms with Crippen molar-refractivity contribution in [2.45, 2.75) is 47.1 Å². The van der Waals surface area contributed by atoms with Crippen LogP contribution in [0.1, 0.15) is 53.9 Å². The van der Waals surface area contributed by atoms with E-state index in [1.165, 1.54) is 0 Å². The van der Waals surface area contributed by atoms with E-state index < -0.39 is 0 Å². The van der Waals surface area contributed by atoms with Crippen LogP contribution in [-0.4, -0.2) is 58.9 Å². The zero-order valence-electron chi connectivity index (χ0n) is 19.6. The summed E-state index contributed by atoms with van der Waals surface area (Å²) in [6.45, 7) is 11.7. The number of nitrogens with zero attached hydrogens (tertiary/aromatic N) is 5. The molecule has 1 unspecified atom stereocenters. The number of pyridine rings is 1. The van der Waals surface area contributed by atoms with E-state index >= 15 is 0 Å². The van der Waals surface area contributed by atoms with Gasteiger partial charge in [0.05, 0.1) is 30.8 Å². The number of nitrogen functional groups attached to an aromatic ring is 1. The molecule has 32 heavy (non-hydrogen) atoms. The van der Waals surface area contributed by atoms with Crippen molar-refractivity contribution in [3.63, 3.8) is 0 Å². The number of halogens is 1. The van der Waals surface area contributed by atoms with Crippen LogP contribution in [0.4, 0.5) is 11.8 Å². The fourth-order valence-corrected chi connectivity index (χ4v) is 4.55. The molecule has 2 aromatic rings. The van der Waals surface area contributed by atoms with Crippen LogP contribution in [0.15, 0.2) is 6.20 Å². The first-order valence-corrected chi connectivity index (χ1v) is 11.5. The number of hydrogen-bond acceptors (Lipinski definition) is 8. The summed E-state index contributed by atoms with van der Waals surface area (Å²) in [6, 6.07) is 0. The normalized spacial score (nSPS) is 15.9. The molecule has 3 rings (SSSR count). The summed E-state index contributed by atoms with van der Waals surface area (Å²) in [6.07, 6.45) is 4.02. The van der Waals surface area contributed by atoms with E-state index in [1.807, 2.05) is 18.7 Å². The number of methoxy groups -OCH3 is 1. The Morgan fingerprint density at radius 2 is 2.06 bits per heavy atom. The molecule has 0 aromatic carbocycles. The number of fused-ring (bicyclic) bond motifs is 1. The predicted octanol–water partition coefficient (Wildman–Crippen LogP) is 3.67. The van der Waals surface area contributed by atoms with Crippen LogP contribution >= 0.6 is 11.6 Å². The minimum Gasteiger partial charge on any atom is -0.496 e. The van der Waals surface area contributed by atoms with Crippen molar-refractivity contribution in [2.75, 3.05) is 43.9 Å². The van der Waals surface area contributed by atoms with Gasteiger partial charge in [-0.2, -0.15) is 4.98 Å². The van der Waals surface area contributed by atoms with Crippen LogP contribution in [-0.2, 0) is 6.54 Å². The molecule has 2 aromatic heterocycles. The lowest BCUT2D eigenvalue weighted by Gasteiger charge is -2.36. The third-order valence-corrected chi connectivity index (χ3v) is 6.34. The number of unbranched alkanes of at least 4 members (excludes halogenated alkanes) is 1. The number of ketones is 1. The molecule has 0 spiro atoms. The van der Waals surface area contributed by atoms with Crippen LogP contribution in [0.3, 0.4) is 0 Å². The number of ether oxygens (including phenoxy) is 1. The topological polar surface area (TPSA) is 97.5 Å². The quantitative estimate of drug-likeness (QED) is 0.566. The van der Waals surface area contributed by atoms with E-state index in [0.29, 0.717) is 31.0 Å². The Hall–Kier alpha value is -2.45. The lowest BCUT2D eigenvalue weighted by atomic mass is 9.92. The number of carbonyl (C=O) groups is 1. The average Bonchev–Trinajstić information content (AvgIpc) is 2.75. The maximum absolute atomic E-state index is 13.4. The molecule has 0 saturated carbocycles. The first kappa shape index (κ1) is 24.2. The van der Waals surface area contributed by atoms with Gasteiger partial charge in [-0.3, -0.25) is 9.78 Å². The van der Waals surface area contributed by atoms with Gasteiger partial charge in [-0.15, -0.1) is 0 Å². The molecule has 2 N–H and O–H groups in total. The zero-order chi connectivity index (χ0) is 23.4. The van der Waals surface area contributed by atoms with Crippen molar-refractivity contribution in [3.8, 4) is 5.75 Å². The molecule has 1 atom stereocenters. The van der Waals surface area contributed by atoms with Crippen molar-refractivity contribution >= 4 is 29.2 Å². The van der Waals surface area contributed by atoms with Crippen LogP contribution in [0.5, 0.6) is 5.75 Å². The summed E-state index contributed by atoms with van der Waals surface area (Å²) in [7, 11) is 1.66. The van der Waals surface area contributed by atoms with Gasteiger partial charge in [-0.05, 0) is 33.4 Å². The average molecular weight is 461 g/mol. The molecule has 9 heteroatoms. The molecule has 3 heterocycles. The monoisotopic (exact) mass is 460 g/mol. The maximum Gasteiger partial charge on any atom is 0.223 e. The van der Waals surface area contributed by atoms with Gasteiger partial charge in [0.25, 0.3) is 0 Å². The third-order valence-electron chi connectivity index (χ3n) is 6.06. The Morgan fingerprint density at radius 3 is 2.72 bits per heavy atom. The molecule has 0 radical (unpaired) electrons. The second-order valence-corrected chi connectivity index (χ2v) is 8.66. The summed E-state index contributed by atoms with van der Waals surface area (Å²) in [5.41, 5.74) is 9.03. The second kappa shape index (κ2) is 10.4. The smallest absolute Gasteiger partial charge is 0.223 e. The lowest BCUT2D eigenvalue weighted by Crippen LogP contribution is -2.45. The van der Waals surface area contributed by atoms with Crippen LogP contribution in [0, 0.1) is 19.8 Å². The zero-order valence-corrected chi connectivity index (χ0v) is 20.4. The lowest BCUT2D eigenvalue weighted by molar-refractivity contribution is 0.0875. The number of rotatable bonds is 9. The van der Waals surface area contributed by atoms with E-state index in [0.717, 1.165) is 48.5 Å². The Bertz CT molecular complexity index is 983. The minimum atomic E-state index is -0.239. The maximum atomic E-state index is 13.4. The minimum absolute atomic E-state index is 0.0256. The Morgan fingerprint density at radius 1 is 1.31 bits per heavy atom. The van der Waals surface area contributed by atoms with Gasteiger partial charge in [0, 0.05) is 30.4 Å². The van der Waals surface area contributed by atoms with Crippen LogP contribution < -0.4 is 15.4 Å².